The van der Waals surface area contributed by atoms with Crippen LogP contribution in [0.25, 0.3) is 0 Å². The highest BCUT2D eigenvalue weighted by atomic mass is 32.2. The van der Waals surface area contributed by atoms with Crippen molar-refractivity contribution in [3.63, 3.8) is 0 Å². The fourth-order valence-corrected chi connectivity index (χ4v) is 7.77. The van der Waals surface area contributed by atoms with Gasteiger partial charge < -0.3 is 19.9 Å². The van der Waals surface area contributed by atoms with Crippen molar-refractivity contribution in [1.29, 1.82) is 0 Å². The second kappa shape index (κ2) is 21.6. The van der Waals surface area contributed by atoms with Crippen LogP contribution in [0.15, 0.2) is 52.9 Å². The van der Waals surface area contributed by atoms with Crippen LogP contribution in [-0.4, -0.2) is 33.1 Å². The molecule has 0 saturated carbocycles. The van der Waals surface area contributed by atoms with Gasteiger partial charge in [0.15, 0.2) is 10.6 Å². The average molecular weight is 682 g/mol. The predicted molar refractivity (Wildman–Crippen MR) is 192 cm³/mol. The Morgan fingerprint density at radius 2 is 1.43 bits per heavy atom. The quantitative estimate of drug-likeness (QED) is 0.0806. The maximum atomic E-state index is 12.5. The molecule has 0 bridgehead atoms. The Balaban J connectivity index is 1.16. The molecule has 2 N–H and O–H groups in total. The number of unbranched alkanes of at least 4 members (excludes halogenated alkanes) is 12. The van der Waals surface area contributed by atoms with Crippen molar-refractivity contribution in [1.82, 2.24) is 15.5 Å². The number of nitrogens with one attached hydrogen (secondary N) is 1. The van der Waals surface area contributed by atoms with Gasteiger partial charge in [-0.2, -0.15) is 0 Å². The molecule has 1 aromatic heterocycles. The third kappa shape index (κ3) is 14.0. The number of ether oxygens (including phenoxy) is 2. The van der Waals surface area contributed by atoms with E-state index in [-0.39, 0.29) is 24.7 Å². The van der Waals surface area contributed by atoms with Crippen LogP contribution in [0.1, 0.15) is 143 Å². The number of thioether (sulfide) groups is 1. The van der Waals surface area contributed by atoms with Gasteiger partial charge in [-0.05, 0) is 30.0 Å². The summed E-state index contributed by atoms with van der Waals surface area (Å²) in [7, 11) is 0. The molecule has 4 rings (SSSR count). The van der Waals surface area contributed by atoms with Gasteiger partial charge in [0.2, 0.25) is 5.91 Å². The van der Waals surface area contributed by atoms with Crippen molar-refractivity contribution in [3.8, 4) is 0 Å². The molecule has 9 heteroatoms. The van der Waals surface area contributed by atoms with Gasteiger partial charge in [0, 0.05) is 30.7 Å². The smallest absolute Gasteiger partial charge is 0.220 e. The predicted octanol–water partition coefficient (Wildman–Crippen LogP) is 9.77. The molecule has 1 aliphatic rings. The summed E-state index contributed by atoms with van der Waals surface area (Å²) in [6.45, 7) is 4.77. The minimum absolute atomic E-state index is 0.0182. The summed E-state index contributed by atoms with van der Waals surface area (Å²) in [6, 6.07) is 16.1. The SMILES string of the molecule is CCCCCCCCCCCCCCCC(=O)NCc1ccc(C2O[C@H](CSc3nnc(C)s3)C[C@H](c3ccc(CO)cc3)O2)cc1. The van der Waals surface area contributed by atoms with Crippen molar-refractivity contribution in [3.05, 3.63) is 75.8 Å². The average Bonchev–Trinajstić information content (AvgIpc) is 3.53. The molecule has 258 valence electrons. The maximum Gasteiger partial charge on any atom is 0.220 e. The number of rotatable bonds is 22. The summed E-state index contributed by atoms with van der Waals surface area (Å²) in [6.07, 6.45) is 17.6. The zero-order chi connectivity index (χ0) is 33.1. The molecule has 1 amide bonds. The van der Waals surface area contributed by atoms with E-state index in [1.165, 1.54) is 70.6 Å². The van der Waals surface area contributed by atoms with Gasteiger partial charge in [0.1, 0.15) is 5.01 Å². The van der Waals surface area contributed by atoms with E-state index in [2.05, 4.69) is 22.4 Å². The van der Waals surface area contributed by atoms with Crippen molar-refractivity contribution < 1.29 is 19.4 Å². The van der Waals surface area contributed by atoms with E-state index < -0.39 is 6.29 Å². The number of hydrogen-bond donors (Lipinski definition) is 2. The molecule has 0 aliphatic carbocycles. The van der Waals surface area contributed by atoms with E-state index in [9.17, 15) is 9.90 Å². The van der Waals surface area contributed by atoms with Gasteiger partial charge in [-0.25, -0.2) is 0 Å². The molecule has 3 aromatic rings. The van der Waals surface area contributed by atoms with Gasteiger partial charge in [-0.3, -0.25) is 4.79 Å². The highest BCUT2D eigenvalue weighted by Crippen LogP contribution is 2.39. The monoisotopic (exact) mass is 681 g/mol. The fraction of sp³-hybridized carbons (Fsp3) is 0.605. The van der Waals surface area contributed by atoms with Crippen LogP contribution in [0, 0.1) is 6.92 Å². The molecule has 7 nitrogen and oxygen atoms in total. The summed E-state index contributed by atoms with van der Waals surface area (Å²) < 4.78 is 13.9. The number of carbonyl (C=O) groups excluding carboxylic acids is 1. The maximum absolute atomic E-state index is 12.5. The Morgan fingerprint density at radius 3 is 2.02 bits per heavy atom. The van der Waals surface area contributed by atoms with Crippen molar-refractivity contribution in [2.75, 3.05) is 5.75 Å². The first-order chi connectivity index (χ1) is 23.0. The second-order valence-electron chi connectivity index (χ2n) is 12.8. The Labute approximate surface area is 290 Å². The minimum atomic E-state index is -0.507. The van der Waals surface area contributed by atoms with Crippen LogP contribution in [-0.2, 0) is 27.4 Å². The van der Waals surface area contributed by atoms with Crippen LogP contribution >= 0.6 is 23.1 Å². The lowest BCUT2D eigenvalue weighted by molar-refractivity contribution is -0.245. The Hall–Kier alpha value is -2.30. The molecule has 1 unspecified atom stereocenters. The number of hydrogen-bond acceptors (Lipinski definition) is 8. The third-order valence-corrected chi connectivity index (χ3v) is 10.9. The van der Waals surface area contributed by atoms with E-state index in [1.54, 1.807) is 23.1 Å². The Bertz CT molecular complexity index is 1280. The van der Waals surface area contributed by atoms with Gasteiger partial charge in [-0.1, -0.05) is 156 Å². The normalized spacial score (nSPS) is 18.0. The largest absolute Gasteiger partial charge is 0.392 e. The molecule has 0 radical (unpaired) electrons. The molecule has 0 spiro atoms. The zero-order valence-electron chi connectivity index (χ0n) is 28.5. The lowest BCUT2D eigenvalue weighted by Gasteiger charge is -2.36. The number of aliphatic hydroxyl groups excluding tert-OH is 1. The molecule has 47 heavy (non-hydrogen) atoms. The number of amides is 1. The number of aromatic nitrogens is 2. The fourth-order valence-electron chi connectivity index (χ4n) is 5.91. The Kier molecular flexibility index (Phi) is 17.3. The molecule has 1 saturated heterocycles. The topological polar surface area (TPSA) is 93.6 Å². The van der Waals surface area contributed by atoms with Gasteiger partial charge in [-0.15, -0.1) is 10.2 Å². The van der Waals surface area contributed by atoms with Crippen LogP contribution in [0.4, 0.5) is 0 Å². The second-order valence-corrected chi connectivity index (χ2v) is 15.2. The first-order valence-corrected chi connectivity index (χ1v) is 19.6. The number of nitrogens with zero attached hydrogens (tertiary/aromatic N) is 2. The third-order valence-electron chi connectivity index (χ3n) is 8.76. The molecule has 2 aromatic carbocycles. The molecule has 3 atom stereocenters. The number of aryl methyl sites for hydroxylation is 1. The molecular weight excluding hydrogens is 627 g/mol. The number of aliphatic hydroxyl groups is 1. The van der Waals surface area contributed by atoms with Crippen molar-refractivity contribution in [2.24, 2.45) is 0 Å². The Morgan fingerprint density at radius 1 is 0.830 bits per heavy atom. The van der Waals surface area contributed by atoms with Crippen LogP contribution < -0.4 is 5.32 Å². The first kappa shape index (κ1) is 37.5. The molecule has 1 fully saturated rings. The summed E-state index contributed by atoms with van der Waals surface area (Å²) in [4.78, 5) is 12.5. The van der Waals surface area contributed by atoms with Gasteiger partial charge in [0.05, 0.1) is 18.8 Å². The van der Waals surface area contributed by atoms with Crippen LogP contribution in [0.2, 0.25) is 0 Å². The van der Waals surface area contributed by atoms with Crippen molar-refractivity contribution in [2.45, 2.75) is 146 Å². The van der Waals surface area contributed by atoms with E-state index in [4.69, 9.17) is 9.47 Å². The first-order valence-electron chi connectivity index (χ1n) is 17.8. The van der Waals surface area contributed by atoms with Gasteiger partial charge >= 0.3 is 0 Å². The summed E-state index contributed by atoms with van der Waals surface area (Å²) in [5, 5.41) is 21.9. The molecule has 1 aliphatic heterocycles. The van der Waals surface area contributed by atoms with E-state index in [1.807, 2.05) is 55.5 Å². The summed E-state index contributed by atoms with van der Waals surface area (Å²) in [5.74, 6) is 0.875. The number of benzene rings is 2. The molecular formula is C38H55N3O4S2. The van der Waals surface area contributed by atoms with E-state index in [0.717, 1.165) is 56.6 Å². The highest BCUT2D eigenvalue weighted by molar-refractivity contribution is 8.01. The minimum Gasteiger partial charge on any atom is -0.392 e. The van der Waals surface area contributed by atoms with E-state index >= 15 is 0 Å². The summed E-state index contributed by atoms with van der Waals surface area (Å²) >= 11 is 3.26. The highest BCUT2D eigenvalue weighted by Gasteiger charge is 2.32. The summed E-state index contributed by atoms with van der Waals surface area (Å²) in [5.41, 5.74) is 3.95. The van der Waals surface area contributed by atoms with Crippen molar-refractivity contribution >= 4 is 29.0 Å². The lowest BCUT2D eigenvalue weighted by Crippen LogP contribution is -2.31. The molecule has 2 heterocycles. The lowest BCUT2D eigenvalue weighted by atomic mass is 10.0. The standard InChI is InChI=1S/C38H55N3O4S2/c1-3-4-5-6-7-8-9-10-11-12-13-14-15-16-36(43)39-26-30-17-23-33(24-18-30)37-44-34(28-46-38-41-40-29(2)47-38)25-35(45-37)32-21-19-31(27-42)20-22-32/h17-24,34-35,37,42H,3-16,25-28H2,1-2H3,(H,39,43)/t34-,35+,37?/m0/s1. The van der Waals surface area contributed by atoms with E-state index in [0.29, 0.717) is 13.0 Å². The van der Waals surface area contributed by atoms with Crippen LogP contribution in [0.3, 0.4) is 0 Å². The zero-order valence-corrected chi connectivity index (χ0v) is 30.1. The van der Waals surface area contributed by atoms with Gasteiger partial charge in [0.25, 0.3) is 0 Å². The number of carbonyl (C=O) groups is 1. The van der Waals surface area contributed by atoms with Crippen LogP contribution in [0.5, 0.6) is 0 Å².